The number of methoxy groups -OCH3 is 1. The van der Waals surface area contributed by atoms with Crippen LogP contribution in [-0.4, -0.2) is 120 Å². The molecule has 4 heterocycles. The second-order valence-corrected chi connectivity index (χ2v) is 17.8. The Labute approximate surface area is 343 Å². The van der Waals surface area contributed by atoms with Gasteiger partial charge in [0.1, 0.15) is 12.2 Å². The van der Waals surface area contributed by atoms with Crippen molar-refractivity contribution in [1.82, 2.24) is 0 Å². The lowest BCUT2D eigenvalue weighted by atomic mass is 9.74. The van der Waals surface area contributed by atoms with Crippen LogP contribution in [0.1, 0.15) is 131 Å². The van der Waals surface area contributed by atoms with E-state index >= 15 is 0 Å². The summed E-state index contributed by atoms with van der Waals surface area (Å²) in [6, 6.07) is 0. The van der Waals surface area contributed by atoms with E-state index < -0.39 is 96.6 Å². The molecule has 15 heteroatoms. The van der Waals surface area contributed by atoms with E-state index in [0.717, 1.165) is 25.7 Å². The quantitative estimate of drug-likeness (QED) is 0.0883. The van der Waals surface area contributed by atoms with Crippen LogP contribution in [-0.2, 0) is 57.1 Å². The zero-order valence-corrected chi connectivity index (χ0v) is 35.5. The molecule has 15 nitrogen and oxygen atoms in total. The van der Waals surface area contributed by atoms with Crippen molar-refractivity contribution in [2.45, 2.75) is 192 Å². The molecule has 0 aromatic heterocycles. The largest absolute Gasteiger partial charge is 0.466 e. The topological polar surface area (TPSA) is 203 Å². The summed E-state index contributed by atoms with van der Waals surface area (Å²) in [5.41, 5.74) is -1.86. The highest BCUT2D eigenvalue weighted by atomic mass is 16.7. The Balaban J connectivity index is 1.68. The average molecular weight is 825 g/mol. The number of hydrogen-bond donors (Lipinski definition) is 3. The number of aliphatic hydroxyl groups excluding tert-OH is 2. The number of aliphatic hydroxyl groups is 3. The minimum absolute atomic E-state index is 0.0417. The first kappa shape index (κ1) is 47.8. The molecule has 0 radical (unpaired) electrons. The molecule has 4 aliphatic rings. The molecule has 4 aliphatic heterocycles. The van der Waals surface area contributed by atoms with Crippen LogP contribution in [0.25, 0.3) is 0 Å². The molecule has 6 bridgehead atoms. The van der Waals surface area contributed by atoms with Gasteiger partial charge in [-0.15, -0.1) is 0 Å². The van der Waals surface area contributed by atoms with Gasteiger partial charge in [0.25, 0.3) is 0 Å². The Kier molecular flexibility index (Phi) is 17.7. The molecule has 10 atom stereocenters. The second kappa shape index (κ2) is 21.6. The molecule has 0 unspecified atom stereocenters. The van der Waals surface area contributed by atoms with Crippen LogP contribution in [0.5, 0.6) is 0 Å². The van der Waals surface area contributed by atoms with Crippen molar-refractivity contribution in [3.8, 4) is 0 Å². The van der Waals surface area contributed by atoms with Gasteiger partial charge in [0.2, 0.25) is 5.79 Å². The summed E-state index contributed by atoms with van der Waals surface area (Å²) in [7, 11) is 1.21. The van der Waals surface area contributed by atoms with Gasteiger partial charge >= 0.3 is 23.9 Å². The number of esters is 4. The molecule has 0 aliphatic carbocycles. The average Bonchev–Trinajstić information content (AvgIpc) is 3.14. The normalized spacial score (nSPS) is 34.9. The molecular formula is C43H68O15. The molecular weight excluding hydrogens is 756 g/mol. The fourth-order valence-electron chi connectivity index (χ4n) is 7.84. The molecule has 0 amide bonds. The Bertz CT molecular complexity index is 1430. The lowest BCUT2D eigenvalue weighted by molar-refractivity contribution is -0.327. The van der Waals surface area contributed by atoms with Crippen LogP contribution in [0.4, 0.5) is 0 Å². The van der Waals surface area contributed by atoms with Gasteiger partial charge in [-0.2, -0.15) is 0 Å². The highest BCUT2D eigenvalue weighted by molar-refractivity contribution is 5.83. The lowest BCUT2D eigenvalue weighted by Crippen LogP contribution is -2.62. The highest BCUT2D eigenvalue weighted by Gasteiger charge is 2.57. The summed E-state index contributed by atoms with van der Waals surface area (Å²) in [6.07, 6.45) is 2.95. The summed E-state index contributed by atoms with van der Waals surface area (Å²) < 4.78 is 47.7. The van der Waals surface area contributed by atoms with Gasteiger partial charge in [-0.25, -0.2) is 4.79 Å². The van der Waals surface area contributed by atoms with Crippen LogP contribution < -0.4 is 0 Å². The summed E-state index contributed by atoms with van der Waals surface area (Å²) in [4.78, 5) is 52.2. The van der Waals surface area contributed by atoms with Crippen LogP contribution in [0.3, 0.4) is 0 Å². The van der Waals surface area contributed by atoms with E-state index in [1.54, 1.807) is 46.8 Å². The number of carbonyl (C=O) groups is 4. The number of rotatable bonds is 10. The first-order chi connectivity index (χ1) is 27.3. The second-order valence-electron chi connectivity index (χ2n) is 17.8. The predicted octanol–water partition coefficient (Wildman–Crippen LogP) is 4.89. The van der Waals surface area contributed by atoms with Crippen LogP contribution >= 0.6 is 0 Å². The number of fused-ring (bicyclic) bond motifs is 6. The minimum atomic E-state index is -2.30. The third-order valence-electron chi connectivity index (χ3n) is 11.2. The van der Waals surface area contributed by atoms with E-state index in [1.165, 1.54) is 13.2 Å². The van der Waals surface area contributed by atoms with Gasteiger partial charge in [-0.1, -0.05) is 52.5 Å². The minimum Gasteiger partial charge on any atom is -0.466 e. The van der Waals surface area contributed by atoms with Crippen molar-refractivity contribution < 1.29 is 72.4 Å². The van der Waals surface area contributed by atoms with Crippen molar-refractivity contribution in [3.05, 3.63) is 23.8 Å². The maximum atomic E-state index is 13.4. The van der Waals surface area contributed by atoms with Crippen molar-refractivity contribution in [1.29, 1.82) is 0 Å². The number of carbonyl (C=O) groups excluding carboxylic acids is 4. The zero-order chi connectivity index (χ0) is 42.7. The Morgan fingerprint density at radius 1 is 0.931 bits per heavy atom. The predicted molar refractivity (Wildman–Crippen MR) is 209 cm³/mol. The number of cyclic esters (lactones) is 1. The Morgan fingerprint density at radius 3 is 2.31 bits per heavy atom. The van der Waals surface area contributed by atoms with Crippen LogP contribution in [0.15, 0.2) is 23.8 Å². The molecule has 3 saturated heterocycles. The van der Waals surface area contributed by atoms with E-state index in [1.807, 2.05) is 0 Å². The molecule has 3 N–H and O–H groups in total. The molecule has 3 fully saturated rings. The summed E-state index contributed by atoms with van der Waals surface area (Å²) in [6.45, 7) is 10.5. The van der Waals surface area contributed by atoms with E-state index in [9.17, 15) is 34.5 Å². The van der Waals surface area contributed by atoms with E-state index in [2.05, 4.69) is 6.92 Å². The molecule has 0 spiro atoms. The molecule has 4 rings (SSSR count). The smallest absolute Gasteiger partial charge is 0.330 e. The zero-order valence-electron chi connectivity index (χ0n) is 35.5. The first-order valence-corrected chi connectivity index (χ1v) is 21.0. The van der Waals surface area contributed by atoms with Crippen molar-refractivity contribution in [3.63, 3.8) is 0 Å². The summed E-state index contributed by atoms with van der Waals surface area (Å²) in [5, 5.41) is 34.1. The van der Waals surface area contributed by atoms with E-state index in [4.69, 9.17) is 37.9 Å². The molecule has 0 aromatic rings. The summed E-state index contributed by atoms with van der Waals surface area (Å²) >= 11 is 0. The Hall–Kier alpha value is -2.92. The monoisotopic (exact) mass is 824 g/mol. The van der Waals surface area contributed by atoms with Crippen molar-refractivity contribution in [2.24, 2.45) is 10.8 Å². The maximum absolute atomic E-state index is 13.4. The SMILES string of the molecule is CCCCCCCC(=O)O[C@H]1/C(=C/C(=O)OC)C[C@H]2C[C@H](CO)OC(=O)C[C@H](O)C[C@@H]3C[C@H](OC(=O)C(C)(C)C)C[C@H](C[C@@H]4CCO[C@H](/C=C/C(C)(C)[C@]1(O)O2)O4)O3. The van der Waals surface area contributed by atoms with Crippen molar-refractivity contribution in [2.75, 3.05) is 20.3 Å². The van der Waals surface area contributed by atoms with Crippen molar-refractivity contribution >= 4 is 23.9 Å². The Morgan fingerprint density at radius 2 is 1.64 bits per heavy atom. The van der Waals surface area contributed by atoms with Gasteiger partial charge in [0.05, 0.1) is 62.7 Å². The van der Waals surface area contributed by atoms with Gasteiger partial charge in [0, 0.05) is 50.0 Å². The molecule has 0 aromatic carbocycles. The highest BCUT2D eigenvalue weighted by Crippen LogP contribution is 2.47. The number of unbranched alkanes of at least 4 members (excludes halogenated alkanes) is 4. The van der Waals surface area contributed by atoms with Gasteiger partial charge in [-0.05, 0) is 51.7 Å². The number of ether oxygens (including phenoxy) is 8. The van der Waals surface area contributed by atoms with Gasteiger partial charge in [0.15, 0.2) is 12.4 Å². The van der Waals surface area contributed by atoms with Gasteiger partial charge < -0.3 is 53.2 Å². The molecule has 0 saturated carbocycles. The summed E-state index contributed by atoms with van der Waals surface area (Å²) in [5.74, 6) is -4.76. The first-order valence-electron chi connectivity index (χ1n) is 21.0. The number of hydrogen-bond acceptors (Lipinski definition) is 15. The van der Waals surface area contributed by atoms with Gasteiger partial charge in [-0.3, -0.25) is 14.4 Å². The molecule has 58 heavy (non-hydrogen) atoms. The molecule has 330 valence electrons. The fraction of sp³-hybridized carbons (Fsp3) is 0.814. The van der Waals surface area contributed by atoms with E-state index in [-0.39, 0.29) is 43.3 Å². The third-order valence-corrected chi connectivity index (χ3v) is 11.2. The van der Waals surface area contributed by atoms with Crippen LogP contribution in [0, 0.1) is 10.8 Å². The third kappa shape index (κ3) is 13.8. The fourth-order valence-corrected chi connectivity index (χ4v) is 7.84. The van der Waals surface area contributed by atoms with E-state index in [0.29, 0.717) is 38.7 Å². The standard InChI is InChI=1S/C43H68O15/c1-8-9-10-11-12-13-35(46)57-39-27(19-36(47)51-7)18-33-25-34(26-44)54-37(48)21-28(45)20-30-23-32(56-40(49)41(2,3)4)24-31(53-30)22-29-15-17-52-38(55-29)14-16-42(5,6)43(39,50)58-33/h14,16,19,28-34,38-39,44-45,50H,8-13,15,17-18,20-26H2,1-7H3/b16-14+,27-19+/t28-,29+,30-,31+,32+,33+,34-,38+,39+,43-/m1/s1. The van der Waals surface area contributed by atoms with Crippen LogP contribution in [0.2, 0.25) is 0 Å². The lowest BCUT2D eigenvalue weighted by Gasteiger charge is -2.51. The maximum Gasteiger partial charge on any atom is 0.330 e.